The molecule has 4 aromatic carbocycles. The van der Waals surface area contributed by atoms with E-state index in [-0.39, 0.29) is 50.3 Å². The molecular formula is C55H66N4O16. The van der Waals surface area contributed by atoms with Crippen molar-refractivity contribution in [2.45, 2.75) is 81.7 Å². The molecule has 5 rings (SSSR count). The number of esters is 2. The van der Waals surface area contributed by atoms with Gasteiger partial charge in [0.05, 0.1) is 49.5 Å². The number of carbonyl (C=O) groups excluding carboxylic acids is 2. The minimum Gasteiger partial charge on any atom is -0.481 e. The van der Waals surface area contributed by atoms with E-state index >= 15 is 0 Å². The molecule has 0 aromatic heterocycles. The van der Waals surface area contributed by atoms with Crippen LogP contribution in [-0.4, -0.2) is 123 Å². The summed E-state index contributed by atoms with van der Waals surface area (Å²) in [6, 6.07) is 19.5. The summed E-state index contributed by atoms with van der Waals surface area (Å²) in [7, 11) is 3.22. The number of ether oxygens (including phenoxy) is 6. The molecule has 0 aliphatic heterocycles. The number of fused-ring (bicyclic) bond motifs is 3. The summed E-state index contributed by atoms with van der Waals surface area (Å²) >= 11 is 0. The maximum absolute atomic E-state index is 12.5. The predicted octanol–water partition coefficient (Wildman–Crippen LogP) is 7.89. The minimum absolute atomic E-state index is 0.112. The molecule has 0 fully saturated rings. The minimum atomic E-state index is -1.15. The van der Waals surface area contributed by atoms with Crippen molar-refractivity contribution in [2.24, 2.45) is 11.5 Å². The largest absolute Gasteiger partial charge is 0.481 e. The first-order valence-corrected chi connectivity index (χ1v) is 24.5. The van der Waals surface area contributed by atoms with Gasteiger partial charge in [0.1, 0.15) is 12.1 Å². The van der Waals surface area contributed by atoms with Gasteiger partial charge in [-0.25, -0.2) is 0 Å². The average molecular weight is 1040 g/mol. The number of nitrogens with zero attached hydrogens (tertiary/aromatic N) is 2. The smallest absolute Gasteiger partial charge is 0.322 e. The van der Waals surface area contributed by atoms with Gasteiger partial charge in [-0.15, -0.1) is 0 Å². The van der Waals surface area contributed by atoms with Crippen LogP contribution < -0.4 is 11.5 Å². The second kappa shape index (κ2) is 28.5. The number of carbonyl (C=O) groups is 4. The van der Waals surface area contributed by atoms with E-state index in [1.807, 2.05) is 36.4 Å². The number of nitrogens with two attached hydrogens (primary N) is 2. The van der Waals surface area contributed by atoms with Gasteiger partial charge in [-0.2, -0.15) is 0 Å². The molecule has 75 heavy (non-hydrogen) atoms. The maximum Gasteiger partial charge on any atom is 0.322 e. The van der Waals surface area contributed by atoms with Gasteiger partial charge in [-0.1, -0.05) is 74.5 Å². The Morgan fingerprint density at radius 2 is 0.933 bits per heavy atom. The molecule has 0 bridgehead atoms. The van der Waals surface area contributed by atoms with E-state index in [9.17, 15) is 39.4 Å². The number of benzene rings is 4. The van der Waals surface area contributed by atoms with Gasteiger partial charge < -0.3 is 50.1 Å². The number of carboxylic acid groups (broad SMARTS) is 2. The van der Waals surface area contributed by atoms with E-state index in [1.54, 1.807) is 52.3 Å². The monoisotopic (exact) mass is 1040 g/mol. The number of rotatable bonds is 32. The number of methoxy groups -OCH3 is 2. The molecule has 0 radical (unpaired) electrons. The molecule has 4 atom stereocenters. The lowest BCUT2D eigenvalue weighted by molar-refractivity contribution is -0.385. The van der Waals surface area contributed by atoms with Crippen LogP contribution in [0, 0.1) is 20.2 Å². The zero-order valence-electron chi connectivity index (χ0n) is 42.6. The zero-order chi connectivity index (χ0) is 54.7. The second-order valence-corrected chi connectivity index (χ2v) is 18.4. The highest BCUT2D eigenvalue weighted by Gasteiger charge is 2.43. The highest BCUT2D eigenvalue weighted by Crippen LogP contribution is 2.53. The van der Waals surface area contributed by atoms with Crippen LogP contribution in [0.3, 0.4) is 0 Å². The van der Waals surface area contributed by atoms with Gasteiger partial charge in [0, 0.05) is 80.8 Å². The number of nitro benzene ring substituents is 2. The van der Waals surface area contributed by atoms with Crippen LogP contribution in [-0.2, 0) is 53.0 Å². The quantitative estimate of drug-likeness (QED) is 0.0119. The van der Waals surface area contributed by atoms with Gasteiger partial charge in [0.25, 0.3) is 11.4 Å². The lowest BCUT2D eigenvalue weighted by Gasteiger charge is -2.33. The van der Waals surface area contributed by atoms with Crippen molar-refractivity contribution in [3.63, 3.8) is 0 Å². The van der Waals surface area contributed by atoms with Crippen molar-refractivity contribution >= 4 is 59.6 Å². The molecule has 1 aliphatic carbocycles. The molecule has 20 heteroatoms. The van der Waals surface area contributed by atoms with E-state index in [2.05, 4.69) is 24.3 Å². The first kappa shape index (κ1) is 58.7. The number of carboxylic acids is 2. The zero-order valence-corrected chi connectivity index (χ0v) is 42.6. The summed E-state index contributed by atoms with van der Waals surface area (Å²) in [4.78, 5) is 70.2. The molecule has 0 spiro atoms. The van der Waals surface area contributed by atoms with Crippen molar-refractivity contribution in [2.75, 3.05) is 67.1 Å². The van der Waals surface area contributed by atoms with Crippen LogP contribution in [0.15, 0.2) is 72.8 Å². The van der Waals surface area contributed by atoms with Crippen LogP contribution in [0.2, 0.25) is 0 Å². The Morgan fingerprint density at radius 1 is 0.573 bits per heavy atom. The fourth-order valence-corrected chi connectivity index (χ4v) is 8.84. The van der Waals surface area contributed by atoms with Crippen LogP contribution in [0.5, 0.6) is 0 Å². The fourth-order valence-electron chi connectivity index (χ4n) is 8.84. The van der Waals surface area contributed by atoms with Crippen LogP contribution >= 0.6 is 0 Å². The Labute approximate surface area is 434 Å². The number of hydrogen-bond donors (Lipinski definition) is 4. The lowest BCUT2D eigenvalue weighted by atomic mass is 9.72. The Hall–Kier alpha value is -7.20. The summed E-state index contributed by atoms with van der Waals surface area (Å²) in [6.07, 6.45) is 7.84. The van der Waals surface area contributed by atoms with E-state index in [1.165, 1.54) is 12.1 Å². The molecule has 20 nitrogen and oxygen atoms in total. The maximum atomic E-state index is 12.5. The second-order valence-electron chi connectivity index (χ2n) is 18.4. The van der Waals surface area contributed by atoms with Crippen molar-refractivity contribution in [3.8, 4) is 11.1 Å². The van der Waals surface area contributed by atoms with Crippen molar-refractivity contribution in [1.29, 1.82) is 0 Å². The first-order chi connectivity index (χ1) is 35.9. The Balaban J connectivity index is 1.48. The molecule has 4 aromatic rings. The van der Waals surface area contributed by atoms with Crippen molar-refractivity contribution in [3.05, 3.63) is 138 Å². The fraction of sp³-hybridized carbons (Fsp3) is 0.418. The summed E-state index contributed by atoms with van der Waals surface area (Å²) in [5, 5.41) is 42.1. The Kier molecular flexibility index (Phi) is 22.3. The molecule has 6 N–H and O–H groups in total. The number of aliphatic carboxylic acids is 2. The SMILES string of the molecule is COCCOCCC1(CCOCCOC)c2cc(/C=C/c3ccc([N+](=O)[O-])c(C(C)COC(=O)[C@@H](N)CCC(=O)O)c3)ccc2-c2ccc(/C=C/c3ccc([N+](=O)[O-])c(C(C)COC(=O)[C@@H](N)CCC(=O)O)c3)cc21. The van der Waals surface area contributed by atoms with E-state index in [0.717, 1.165) is 33.4 Å². The molecule has 402 valence electrons. The Bertz CT molecular complexity index is 2540. The first-order valence-electron chi connectivity index (χ1n) is 24.5. The topological polar surface area (TPSA) is 302 Å². The number of hydrogen-bond acceptors (Lipinski definition) is 16. The van der Waals surface area contributed by atoms with Crippen molar-refractivity contribution < 1.29 is 67.7 Å². The van der Waals surface area contributed by atoms with Crippen LogP contribution in [0.1, 0.15) is 109 Å². The highest BCUT2D eigenvalue weighted by atomic mass is 16.6. The lowest BCUT2D eigenvalue weighted by Crippen LogP contribution is -2.33. The van der Waals surface area contributed by atoms with Gasteiger partial charge in [-0.3, -0.25) is 39.4 Å². The normalized spacial score (nSPS) is 14.2. The third-order valence-electron chi connectivity index (χ3n) is 13.0. The van der Waals surface area contributed by atoms with Crippen LogP contribution in [0.25, 0.3) is 35.4 Å². The predicted molar refractivity (Wildman–Crippen MR) is 280 cm³/mol. The standard InChI is InChI=1S/C55H66N4O16/c1-35(33-74-53(64)47(56)15-19-51(60)61)43-29-37(11-17-49(43)58(66)67)5-7-39-9-13-41-42-14-10-40(32-46(42)55(45(41)31-39,21-23-72-27-25-70-3)22-24-73-28-26-71-4)8-6-38-12-18-50(59(68)69)44(30-38)36(2)34-75-54(65)48(57)16-20-52(62)63/h5-14,17-18,29-32,35-36,47-48H,15-16,19-28,33-34,56-57H2,1-4H3,(H,60,61)(H,62,63)/b7-5+,8-6+/t35?,36?,47-,48-/m0/s1. The molecule has 0 saturated carbocycles. The van der Waals surface area contributed by atoms with E-state index in [0.29, 0.717) is 74.7 Å². The molecular weight excluding hydrogens is 973 g/mol. The van der Waals surface area contributed by atoms with Gasteiger partial charge in [0.15, 0.2) is 0 Å². The van der Waals surface area contributed by atoms with Gasteiger partial charge >= 0.3 is 23.9 Å². The van der Waals surface area contributed by atoms with Crippen LogP contribution in [0.4, 0.5) is 11.4 Å². The number of nitro groups is 2. The molecule has 0 heterocycles. The summed E-state index contributed by atoms with van der Waals surface area (Å²) in [5.41, 5.74) is 18.5. The van der Waals surface area contributed by atoms with Crippen molar-refractivity contribution in [1.82, 2.24) is 0 Å². The Morgan fingerprint density at radius 3 is 1.28 bits per heavy atom. The summed E-state index contributed by atoms with van der Waals surface area (Å²) < 4.78 is 33.5. The summed E-state index contributed by atoms with van der Waals surface area (Å²) in [5.74, 6) is -5.00. The average Bonchev–Trinajstić information content (AvgIpc) is 3.65. The van der Waals surface area contributed by atoms with E-state index < -0.39 is 63.1 Å². The molecule has 0 saturated heterocycles. The highest BCUT2D eigenvalue weighted by molar-refractivity contribution is 5.85. The molecule has 1 aliphatic rings. The summed E-state index contributed by atoms with van der Waals surface area (Å²) in [6.45, 7) is 5.34. The third kappa shape index (κ3) is 16.4. The third-order valence-corrected chi connectivity index (χ3v) is 13.0. The van der Waals surface area contributed by atoms with Gasteiger partial charge in [0.2, 0.25) is 0 Å². The molecule has 2 unspecified atom stereocenters. The molecule has 0 amide bonds. The van der Waals surface area contributed by atoms with E-state index in [4.69, 9.17) is 50.1 Å². The van der Waals surface area contributed by atoms with Gasteiger partial charge in [-0.05, 0) is 94.5 Å².